The minimum Gasteiger partial charge on any atom is -0.462 e. The summed E-state index contributed by atoms with van der Waals surface area (Å²) in [6.07, 6.45) is 5.08. The maximum Gasteiger partial charge on any atom is 0.340 e. The topological polar surface area (TPSA) is 89.4 Å². The number of aryl methyl sites for hydroxylation is 1. The Balaban J connectivity index is 1.81. The second-order valence-corrected chi connectivity index (χ2v) is 8.02. The molecule has 170 valence electrons. The van der Waals surface area contributed by atoms with Gasteiger partial charge in [0.25, 0.3) is 5.91 Å². The van der Waals surface area contributed by atoms with Crippen LogP contribution >= 0.6 is 0 Å². The molecule has 3 rings (SSSR count). The summed E-state index contributed by atoms with van der Waals surface area (Å²) in [6.45, 7) is 10.4. The summed E-state index contributed by atoms with van der Waals surface area (Å²) in [5.41, 5.74) is 4.80. The van der Waals surface area contributed by atoms with Gasteiger partial charge in [0.15, 0.2) is 0 Å². The lowest BCUT2D eigenvalue weighted by Crippen LogP contribution is -2.25. The summed E-state index contributed by atoms with van der Waals surface area (Å²) < 4.78 is 7.25. The van der Waals surface area contributed by atoms with E-state index >= 15 is 0 Å². The number of aromatic nitrogens is 1. The van der Waals surface area contributed by atoms with Crippen molar-refractivity contribution < 1.29 is 19.1 Å². The van der Waals surface area contributed by atoms with Crippen molar-refractivity contribution in [2.45, 2.75) is 60.0 Å². The fourth-order valence-corrected chi connectivity index (χ4v) is 3.77. The van der Waals surface area contributed by atoms with Gasteiger partial charge in [0, 0.05) is 46.9 Å². The maximum absolute atomic E-state index is 12.7. The molecule has 0 bridgehead atoms. The Bertz CT molecular complexity index is 1080. The first-order valence-corrected chi connectivity index (χ1v) is 11.0. The zero-order valence-corrected chi connectivity index (χ0v) is 19.4. The molecule has 32 heavy (non-hydrogen) atoms. The molecule has 2 N–H and O–H groups in total. The van der Waals surface area contributed by atoms with Gasteiger partial charge in [-0.3, -0.25) is 9.59 Å². The average Bonchev–Trinajstić information content (AvgIpc) is 3.52. The summed E-state index contributed by atoms with van der Waals surface area (Å²) in [4.78, 5) is 37.5. The van der Waals surface area contributed by atoms with Gasteiger partial charge in [0.1, 0.15) is 0 Å². The number of hydrogen-bond donors (Lipinski definition) is 2. The van der Waals surface area contributed by atoms with Crippen molar-refractivity contribution in [3.63, 3.8) is 0 Å². The van der Waals surface area contributed by atoms with Crippen LogP contribution in [0.15, 0.2) is 24.3 Å². The van der Waals surface area contributed by atoms with Crippen molar-refractivity contribution in [1.82, 2.24) is 9.88 Å². The molecule has 1 aromatic heterocycles. The fourth-order valence-electron chi connectivity index (χ4n) is 3.77. The largest absolute Gasteiger partial charge is 0.462 e. The number of rotatable bonds is 8. The summed E-state index contributed by atoms with van der Waals surface area (Å²) in [5.74, 6) is -0.876. The number of esters is 1. The van der Waals surface area contributed by atoms with E-state index in [1.54, 1.807) is 25.1 Å². The van der Waals surface area contributed by atoms with Crippen molar-refractivity contribution in [3.05, 3.63) is 57.9 Å². The normalized spacial score (nSPS) is 13.3. The van der Waals surface area contributed by atoms with E-state index in [0.29, 0.717) is 28.9 Å². The third-order valence-corrected chi connectivity index (χ3v) is 5.70. The van der Waals surface area contributed by atoms with Crippen molar-refractivity contribution in [2.75, 3.05) is 11.9 Å². The molecule has 1 aliphatic carbocycles. The SMILES string of the molecule is CCOC(=O)c1c(/C=C/C(=O)Nc2cc(C(=O)NC3CC3)ccc2C)c(C)n(CC)c1C. The van der Waals surface area contributed by atoms with Gasteiger partial charge in [0.05, 0.1) is 12.2 Å². The van der Waals surface area contributed by atoms with Crippen molar-refractivity contribution >= 4 is 29.5 Å². The van der Waals surface area contributed by atoms with Crippen LogP contribution in [-0.4, -0.2) is 35.0 Å². The lowest BCUT2D eigenvalue weighted by atomic mass is 10.1. The highest BCUT2D eigenvalue weighted by Crippen LogP contribution is 2.25. The summed E-state index contributed by atoms with van der Waals surface area (Å²) in [5, 5.41) is 5.80. The van der Waals surface area contributed by atoms with Crippen molar-refractivity contribution in [2.24, 2.45) is 0 Å². The molecule has 1 aromatic carbocycles. The lowest BCUT2D eigenvalue weighted by molar-refractivity contribution is -0.111. The van der Waals surface area contributed by atoms with Crippen LogP contribution in [0.5, 0.6) is 0 Å². The predicted octanol–water partition coefficient (Wildman–Crippen LogP) is 4.15. The quantitative estimate of drug-likeness (QED) is 0.479. The smallest absolute Gasteiger partial charge is 0.340 e. The van der Waals surface area contributed by atoms with Crippen LogP contribution in [0.3, 0.4) is 0 Å². The van der Waals surface area contributed by atoms with Crippen LogP contribution in [0.1, 0.15) is 69.9 Å². The van der Waals surface area contributed by atoms with Gasteiger partial charge in [-0.2, -0.15) is 0 Å². The number of nitrogens with zero attached hydrogens (tertiary/aromatic N) is 1. The first-order valence-electron chi connectivity index (χ1n) is 11.0. The Hall–Kier alpha value is -3.35. The molecule has 2 amide bonds. The highest BCUT2D eigenvalue weighted by molar-refractivity contribution is 6.05. The van der Waals surface area contributed by atoms with E-state index in [0.717, 1.165) is 29.8 Å². The first kappa shape index (κ1) is 23.3. The van der Waals surface area contributed by atoms with Gasteiger partial charge in [-0.1, -0.05) is 6.07 Å². The zero-order chi connectivity index (χ0) is 23.4. The molecule has 0 aliphatic heterocycles. The third kappa shape index (κ3) is 5.10. The van der Waals surface area contributed by atoms with Gasteiger partial charge >= 0.3 is 5.97 Å². The molecule has 1 aliphatic rings. The molecule has 0 radical (unpaired) electrons. The molecule has 2 aromatic rings. The lowest BCUT2D eigenvalue weighted by Gasteiger charge is -2.10. The van der Waals surface area contributed by atoms with Crippen LogP contribution in [0.4, 0.5) is 5.69 Å². The van der Waals surface area contributed by atoms with E-state index in [1.165, 1.54) is 6.08 Å². The van der Waals surface area contributed by atoms with Crippen molar-refractivity contribution in [3.8, 4) is 0 Å². The van der Waals surface area contributed by atoms with Crippen LogP contribution in [0, 0.1) is 20.8 Å². The van der Waals surface area contributed by atoms with Crippen LogP contribution in [0.2, 0.25) is 0 Å². The van der Waals surface area contributed by atoms with E-state index in [9.17, 15) is 14.4 Å². The second-order valence-electron chi connectivity index (χ2n) is 8.02. The first-order chi connectivity index (χ1) is 15.3. The Morgan fingerprint density at radius 2 is 1.84 bits per heavy atom. The number of nitrogens with one attached hydrogen (secondary N) is 2. The molecule has 1 heterocycles. The summed E-state index contributed by atoms with van der Waals surface area (Å²) in [7, 11) is 0. The van der Waals surface area contributed by atoms with E-state index in [2.05, 4.69) is 10.6 Å². The van der Waals surface area contributed by atoms with Gasteiger partial charge in [-0.15, -0.1) is 0 Å². The number of amides is 2. The zero-order valence-electron chi connectivity index (χ0n) is 19.4. The van der Waals surface area contributed by atoms with E-state index < -0.39 is 5.97 Å². The van der Waals surface area contributed by atoms with Crippen LogP contribution in [0.25, 0.3) is 6.08 Å². The monoisotopic (exact) mass is 437 g/mol. The molecule has 7 nitrogen and oxygen atoms in total. The number of benzene rings is 1. The number of carbonyl (C=O) groups excluding carboxylic acids is 3. The minimum atomic E-state index is -0.398. The average molecular weight is 438 g/mol. The van der Waals surface area contributed by atoms with E-state index in [1.807, 2.05) is 38.3 Å². The maximum atomic E-state index is 12.7. The predicted molar refractivity (Wildman–Crippen MR) is 125 cm³/mol. The molecule has 0 spiro atoms. The Kier molecular flexibility index (Phi) is 7.18. The molecular weight excluding hydrogens is 406 g/mol. The molecule has 1 fully saturated rings. The number of ether oxygens (including phenoxy) is 1. The van der Waals surface area contributed by atoms with Crippen LogP contribution < -0.4 is 10.6 Å². The number of hydrogen-bond acceptors (Lipinski definition) is 4. The van der Waals surface area contributed by atoms with Gasteiger partial charge in [0.2, 0.25) is 5.91 Å². The van der Waals surface area contributed by atoms with Gasteiger partial charge in [-0.05, 0) is 71.2 Å². The van der Waals surface area contributed by atoms with E-state index in [-0.39, 0.29) is 24.5 Å². The molecule has 0 atom stereocenters. The third-order valence-electron chi connectivity index (χ3n) is 5.70. The van der Waals surface area contributed by atoms with Gasteiger partial charge < -0.3 is 19.9 Å². The number of carbonyl (C=O) groups is 3. The highest BCUT2D eigenvalue weighted by atomic mass is 16.5. The molecule has 0 saturated heterocycles. The molecular formula is C25H31N3O4. The fraction of sp³-hybridized carbons (Fsp3) is 0.400. The Labute approximate surface area is 188 Å². The van der Waals surface area contributed by atoms with Crippen molar-refractivity contribution in [1.29, 1.82) is 0 Å². The molecule has 7 heteroatoms. The molecule has 1 saturated carbocycles. The highest BCUT2D eigenvalue weighted by Gasteiger charge is 2.24. The van der Waals surface area contributed by atoms with Gasteiger partial charge in [-0.25, -0.2) is 4.79 Å². The Morgan fingerprint density at radius 3 is 2.47 bits per heavy atom. The Morgan fingerprint density at radius 1 is 1.12 bits per heavy atom. The standard InChI is InChI=1S/C25H31N3O4/c1-6-28-16(4)20(23(17(28)5)25(31)32-7-2)12-13-22(29)27-21-14-18(9-8-15(21)3)24(30)26-19-10-11-19/h8-9,12-14,19H,6-7,10-11H2,1-5H3,(H,26,30)(H,27,29)/b13-12+. The van der Waals surface area contributed by atoms with E-state index in [4.69, 9.17) is 4.74 Å². The minimum absolute atomic E-state index is 0.135. The summed E-state index contributed by atoms with van der Waals surface area (Å²) in [6, 6.07) is 5.52. The van der Waals surface area contributed by atoms with Crippen LogP contribution in [-0.2, 0) is 16.1 Å². The molecule has 0 unspecified atom stereocenters. The second kappa shape index (κ2) is 9.85. The summed E-state index contributed by atoms with van der Waals surface area (Å²) >= 11 is 0. The number of anilines is 1.